The van der Waals surface area contributed by atoms with Crippen molar-refractivity contribution in [3.63, 3.8) is 0 Å². The van der Waals surface area contributed by atoms with Crippen LogP contribution in [-0.2, 0) is 22.1 Å². The second-order valence-corrected chi connectivity index (χ2v) is 14.8. The normalized spacial score (nSPS) is 13.9. The van der Waals surface area contributed by atoms with E-state index < -0.39 is 26.9 Å². The fraction of sp³-hybridized carbons (Fsp3) is 0.857. The van der Waals surface area contributed by atoms with E-state index in [1.54, 1.807) is 35.5 Å². The molecule has 0 rings (SSSR count). The molecule has 0 aliphatic rings. The van der Waals surface area contributed by atoms with Crippen LogP contribution in [0, 0.1) is 0 Å². The van der Waals surface area contributed by atoms with Gasteiger partial charge in [-0.3, -0.25) is 0 Å². The first kappa shape index (κ1) is 24.0. The maximum absolute atomic E-state index is 5.70. The van der Waals surface area contributed by atoms with Crippen LogP contribution in [0.3, 0.4) is 0 Å². The average molecular weight is 397 g/mol. The van der Waals surface area contributed by atoms with E-state index in [4.69, 9.17) is 22.1 Å². The lowest BCUT2D eigenvalue weighted by Gasteiger charge is -2.27. The Morgan fingerprint density at radius 2 is 1.54 bits per heavy atom. The van der Waals surface area contributed by atoms with Crippen molar-refractivity contribution < 1.29 is 22.1 Å². The monoisotopic (exact) mass is 396 g/mol. The molecule has 0 radical (unpaired) electrons. The third kappa shape index (κ3) is 7.89. The zero-order valence-corrected chi connectivity index (χ0v) is 20.0. The molecule has 0 aliphatic heterocycles. The lowest BCUT2D eigenvalue weighted by Crippen LogP contribution is -2.44. The van der Waals surface area contributed by atoms with Gasteiger partial charge in [0.2, 0.25) is 0 Å². The second kappa shape index (κ2) is 12.3. The third-order valence-electron chi connectivity index (χ3n) is 4.12. The molecular weight excluding hydrogens is 360 g/mol. The molecule has 0 aromatic carbocycles. The Kier molecular flexibility index (Phi) is 12.3. The van der Waals surface area contributed by atoms with Crippen molar-refractivity contribution in [2.24, 2.45) is 0 Å². The van der Waals surface area contributed by atoms with Crippen molar-refractivity contribution in [2.75, 3.05) is 62.4 Å². The molecule has 1 N–H and O–H groups in total. The lowest BCUT2D eigenvalue weighted by molar-refractivity contribution is 0.123. The number of nitrogens with zero attached hydrogens (tertiary/aromatic N) is 1. The summed E-state index contributed by atoms with van der Waals surface area (Å²) < 4.78 is 27.7. The van der Waals surface area contributed by atoms with Crippen LogP contribution in [0.2, 0.25) is 12.6 Å². The van der Waals surface area contributed by atoms with Crippen LogP contribution in [0.5, 0.6) is 0 Å². The maximum atomic E-state index is 5.70. The average Bonchev–Trinajstić information content (AvgIpc) is 2.59. The molecule has 0 aliphatic carbocycles. The minimum absolute atomic E-state index is 0.484. The molecule has 0 bridgehead atoms. The minimum Gasteiger partial charge on any atom is -0.395 e. The van der Waals surface area contributed by atoms with Crippen LogP contribution in [-0.4, -0.2) is 94.1 Å². The minimum atomic E-state index is -2.44. The Hall–Kier alpha value is -0.0494. The summed E-state index contributed by atoms with van der Waals surface area (Å²) in [6, 6.07) is 0.814. The van der Waals surface area contributed by atoms with E-state index in [2.05, 4.69) is 23.0 Å². The standard InChI is InChI=1S/C14H36N2O5Si3/c1-16(2)12-14(23(8,17-3)18-4)22-13-15-10-9-11-24(19-5,20-6)21-7/h12,15H,9-11,13,22H2,1-8H3. The number of hydrogen-bond acceptors (Lipinski definition) is 7. The SMILES string of the molecule is CO[Si](CCCNC[SiH2]C(=CN(C)C)[Si](C)(OC)OC)(OC)OC. The van der Waals surface area contributed by atoms with Gasteiger partial charge < -0.3 is 32.3 Å². The van der Waals surface area contributed by atoms with Gasteiger partial charge in [0.1, 0.15) is 0 Å². The van der Waals surface area contributed by atoms with E-state index in [-0.39, 0.29) is 0 Å². The van der Waals surface area contributed by atoms with Gasteiger partial charge in [0.05, 0.1) is 9.52 Å². The van der Waals surface area contributed by atoms with Gasteiger partial charge in [0.15, 0.2) is 0 Å². The zero-order valence-electron chi connectivity index (χ0n) is 16.6. The number of rotatable bonds is 14. The first-order valence-electron chi connectivity index (χ1n) is 8.17. The first-order chi connectivity index (χ1) is 11.3. The third-order valence-corrected chi connectivity index (χ3v) is 13.8. The molecule has 0 amide bonds. The summed E-state index contributed by atoms with van der Waals surface area (Å²) in [5.74, 6) is 0. The predicted octanol–water partition coefficient (Wildman–Crippen LogP) is 0.278. The molecule has 0 aromatic heterocycles. The van der Waals surface area contributed by atoms with Crippen LogP contribution in [0.25, 0.3) is 0 Å². The molecule has 0 spiro atoms. The molecule has 0 unspecified atom stereocenters. The topological polar surface area (TPSA) is 61.4 Å². The second-order valence-electron chi connectivity index (χ2n) is 5.87. The summed E-state index contributed by atoms with van der Waals surface area (Å²) in [5.41, 5.74) is 0. The van der Waals surface area contributed by atoms with Gasteiger partial charge in [-0.15, -0.1) is 0 Å². The Morgan fingerprint density at radius 1 is 1.00 bits per heavy atom. The van der Waals surface area contributed by atoms with Crippen LogP contribution in [0.4, 0.5) is 0 Å². The van der Waals surface area contributed by atoms with Gasteiger partial charge in [-0.1, -0.05) is 0 Å². The molecular formula is C14H36N2O5Si3. The molecule has 0 atom stereocenters. The van der Waals surface area contributed by atoms with E-state index in [1.165, 1.54) is 4.82 Å². The fourth-order valence-corrected chi connectivity index (χ4v) is 9.55. The largest absolute Gasteiger partial charge is 0.500 e. The van der Waals surface area contributed by atoms with Gasteiger partial charge in [0, 0.05) is 55.7 Å². The summed E-state index contributed by atoms with van der Waals surface area (Å²) in [4.78, 5) is 3.43. The Labute approximate surface area is 152 Å². The molecule has 0 fully saturated rings. The van der Waals surface area contributed by atoms with Crippen molar-refractivity contribution in [3.05, 3.63) is 11.0 Å². The predicted molar refractivity (Wildman–Crippen MR) is 105 cm³/mol. The molecule has 144 valence electrons. The quantitative estimate of drug-likeness (QED) is 0.334. The summed E-state index contributed by atoms with van der Waals surface area (Å²) in [5, 5.41) is 3.52. The van der Waals surface area contributed by atoms with Crippen LogP contribution >= 0.6 is 0 Å². The molecule has 0 heterocycles. The van der Waals surface area contributed by atoms with E-state index >= 15 is 0 Å². The Bertz CT molecular complexity index is 356. The van der Waals surface area contributed by atoms with E-state index in [0.717, 1.165) is 25.2 Å². The molecule has 24 heavy (non-hydrogen) atoms. The summed E-state index contributed by atoms with van der Waals surface area (Å²) in [7, 11) is 7.36. The van der Waals surface area contributed by atoms with Crippen LogP contribution < -0.4 is 5.32 Å². The van der Waals surface area contributed by atoms with Gasteiger partial charge in [-0.25, -0.2) is 0 Å². The molecule has 0 saturated carbocycles. The van der Waals surface area contributed by atoms with Gasteiger partial charge in [0.25, 0.3) is 0 Å². The number of nitrogens with one attached hydrogen (secondary N) is 1. The van der Waals surface area contributed by atoms with Crippen molar-refractivity contribution in [1.29, 1.82) is 0 Å². The molecule has 7 nitrogen and oxygen atoms in total. The van der Waals surface area contributed by atoms with Crippen molar-refractivity contribution >= 4 is 26.9 Å². The summed E-state index contributed by atoms with van der Waals surface area (Å²) in [6.45, 7) is 3.02. The van der Waals surface area contributed by atoms with Crippen molar-refractivity contribution in [2.45, 2.75) is 19.0 Å². The van der Waals surface area contributed by atoms with Gasteiger partial charge in [-0.05, 0) is 36.7 Å². The Morgan fingerprint density at radius 3 is 1.96 bits per heavy atom. The fourth-order valence-electron chi connectivity index (χ4n) is 2.40. The molecule has 10 heteroatoms. The summed E-state index contributed by atoms with van der Waals surface area (Å²) >= 11 is 0. The van der Waals surface area contributed by atoms with Gasteiger partial charge in [-0.2, -0.15) is 0 Å². The smallest absolute Gasteiger partial charge is 0.395 e. The molecule has 0 aromatic rings. The lowest BCUT2D eigenvalue weighted by atomic mass is 10.5. The summed E-state index contributed by atoms with van der Waals surface area (Å²) in [6.07, 6.45) is 4.15. The van der Waals surface area contributed by atoms with E-state index in [9.17, 15) is 0 Å². The molecule has 0 saturated heterocycles. The van der Waals surface area contributed by atoms with Crippen LogP contribution in [0.1, 0.15) is 6.42 Å². The highest BCUT2D eigenvalue weighted by Gasteiger charge is 2.37. The maximum Gasteiger partial charge on any atom is 0.500 e. The number of hydrogen-bond donors (Lipinski definition) is 1. The van der Waals surface area contributed by atoms with E-state index in [1.807, 2.05) is 14.1 Å². The highest BCUT2D eigenvalue weighted by atomic mass is 28.4. The van der Waals surface area contributed by atoms with Crippen molar-refractivity contribution in [1.82, 2.24) is 10.2 Å². The first-order valence-corrected chi connectivity index (χ1v) is 14.1. The highest BCUT2D eigenvalue weighted by Crippen LogP contribution is 2.16. The zero-order chi connectivity index (χ0) is 18.6. The Balaban J connectivity index is 4.36. The van der Waals surface area contributed by atoms with Crippen LogP contribution in [0.15, 0.2) is 11.0 Å². The van der Waals surface area contributed by atoms with Crippen molar-refractivity contribution in [3.8, 4) is 0 Å². The van der Waals surface area contributed by atoms with E-state index in [0.29, 0.717) is 0 Å². The van der Waals surface area contributed by atoms with Gasteiger partial charge >= 0.3 is 17.4 Å². The highest BCUT2D eigenvalue weighted by molar-refractivity contribution is 6.86.